The minimum Gasteiger partial charge on any atom is -0.435 e. The van der Waals surface area contributed by atoms with Gasteiger partial charge in [-0.05, 0) is 42.7 Å². The number of rotatable bonds is 7. The van der Waals surface area contributed by atoms with Gasteiger partial charge in [-0.1, -0.05) is 45.0 Å². The van der Waals surface area contributed by atoms with Crippen LogP contribution in [0.1, 0.15) is 51.7 Å². The van der Waals surface area contributed by atoms with E-state index < -0.39 is 6.16 Å². The van der Waals surface area contributed by atoms with Gasteiger partial charge >= 0.3 is 6.16 Å². The Hall–Kier alpha value is -1.51. The van der Waals surface area contributed by atoms with Crippen LogP contribution in [0, 0.1) is 0 Å². The molecule has 3 heteroatoms. The molecule has 0 atom stereocenters. The molecule has 1 aromatic carbocycles. The molecule has 0 fully saturated rings. The lowest BCUT2D eigenvalue weighted by Gasteiger charge is -2.23. The summed E-state index contributed by atoms with van der Waals surface area (Å²) in [5, 5.41) is 0. The van der Waals surface area contributed by atoms with Crippen molar-refractivity contribution in [3.63, 3.8) is 0 Å². The lowest BCUT2D eigenvalue weighted by Crippen LogP contribution is -2.15. The van der Waals surface area contributed by atoms with Crippen molar-refractivity contribution < 1.29 is 14.3 Å². The SMILES string of the molecule is CCOC(=O)OCCCc1ccc(C(C)(C)CC)cc1. The van der Waals surface area contributed by atoms with Crippen LogP contribution >= 0.6 is 0 Å². The Morgan fingerprint density at radius 1 is 1.10 bits per heavy atom. The Labute approximate surface area is 122 Å². The van der Waals surface area contributed by atoms with Gasteiger partial charge in [0.25, 0.3) is 0 Å². The van der Waals surface area contributed by atoms with Crippen LogP contribution < -0.4 is 0 Å². The molecule has 0 amide bonds. The van der Waals surface area contributed by atoms with Crippen molar-refractivity contribution in [3.05, 3.63) is 35.4 Å². The molecule has 0 unspecified atom stereocenters. The quantitative estimate of drug-likeness (QED) is 0.545. The average Bonchev–Trinajstić information content (AvgIpc) is 2.44. The highest BCUT2D eigenvalue weighted by atomic mass is 16.7. The van der Waals surface area contributed by atoms with Crippen LogP contribution in [-0.4, -0.2) is 19.4 Å². The maximum Gasteiger partial charge on any atom is 0.508 e. The Kier molecular flexibility index (Phi) is 6.56. The summed E-state index contributed by atoms with van der Waals surface area (Å²) in [5.74, 6) is 0. The maximum absolute atomic E-state index is 11.0. The van der Waals surface area contributed by atoms with Crippen LogP contribution in [0.2, 0.25) is 0 Å². The van der Waals surface area contributed by atoms with Gasteiger partial charge < -0.3 is 9.47 Å². The fourth-order valence-corrected chi connectivity index (χ4v) is 1.92. The zero-order chi connectivity index (χ0) is 15.0. The topological polar surface area (TPSA) is 35.5 Å². The number of benzene rings is 1. The molecule has 0 heterocycles. The molecular formula is C17H26O3. The first kappa shape index (κ1) is 16.5. The van der Waals surface area contributed by atoms with Gasteiger partial charge in [-0.15, -0.1) is 0 Å². The van der Waals surface area contributed by atoms with Gasteiger partial charge in [-0.2, -0.15) is 0 Å². The summed E-state index contributed by atoms with van der Waals surface area (Å²) in [6.45, 7) is 9.25. The van der Waals surface area contributed by atoms with Crippen molar-refractivity contribution in [1.82, 2.24) is 0 Å². The zero-order valence-electron chi connectivity index (χ0n) is 13.1. The number of hydrogen-bond donors (Lipinski definition) is 0. The minimum atomic E-state index is -0.576. The third kappa shape index (κ3) is 5.24. The van der Waals surface area contributed by atoms with Gasteiger partial charge in [0, 0.05) is 0 Å². The molecule has 0 bridgehead atoms. The van der Waals surface area contributed by atoms with E-state index in [0.29, 0.717) is 13.2 Å². The standard InChI is InChI=1S/C17H26O3/c1-5-17(3,4)15-11-9-14(10-12-15)8-7-13-20-16(18)19-6-2/h9-12H,5-8,13H2,1-4H3. The van der Waals surface area contributed by atoms with E-state index >= 15 is 0 Å². The van der Waals surface area contributed by atoms with Gasteiger partial charge in [-0.3, -0.25) is 0 Å². The molecule has 0 aromatic heterocycles. The fraction of sp³-hybridized carbons (Fsp3) is 0.588. The molecule has 0 aliphatic carbocycles. The Balaban J connectivity index is 2.37. The first-order chi connectivity index (χ1) is 9.49. The van der Waals surface area contributed by atoms with Crippen molar-refractivity contribution in [1.29, 1.82) is 0 Å². The third-order valence-electron chi connectivity index (χ3n) is 3.71. The molecule has 0 aliphatic heterocycles. The van der Waals surface area contributed by atoms with E-state index in [9.17, 15) is 4.79 Å². The fourth-order valence-electron chi connectivity index (χ4n) is 1.92. The largest absolute Gasteiger partial charge is 0.508 e. The van der Waals surface area contributed by atoms with Crippen LogP contribution in [0.3, 0.4) is 0 Å². The van der Waals surface area contributed by atoms with E-state index in [1.165, 1.54) is 11.1 Å². The van der Waals surface area contributed by atoms with Crippen molar-refractivity contribution in [2.75, 3.05) is 13.2 Å². The number of carbonyl (C=O) groups is 1. The van der Waals surface area contributed by atoms with Crippen LogP contribution in [-0.2, 0) is 21.3 Å². The van der Waals surface area contributed by atoms with Crippen molar-refractivity contribution in [3.8, 4) is 0 Å². The summed E-state index contributed by atoms with van der Waals surface area (Å²) in [6, 6.07) is 8.73. The van der Waals surface area contributed by atoms with Crippen LogP contribution in [0.4, 0.5) is 4.79 Å². The lowest BCUT2D eigenvalue weighted by atomic mass is 9.82. The highest BCUT2D eigenvalue weighted by Crippen LogP contribution is 2.26. The smallest absolute Gasteiger partial charge is 0.435 e. The molecule has 20 heavy (non-hydrogen) atoms. The summed E-state index contributed by atoms with van der Waals surface area (Å²) in [7, 11) is 0. The molecule has 0 spiro atoms. The highest BCUT2D eigenvalue weighted by molar-refractivity contribution is 5.59. The molecule has 0 aliphatic rings. The second kappa shape index (κ2) is 7.93. The monoisotopic (exact) mass is 278 g/mol. The third-order valence-corrected chi connectivity index (χ3v) is 3.71. The number of aryl methyl sites for hydroxylation is 1. The predicted molar refractivity (Wildman–Crippen MR) is 81.1 cm³/mol. The summed E-state index contributed by atoms with van der Waals surface area (Å²) in [4.78, 5) is 11.0. The van der Waals surface area contributed by atoms with Crippen molar-refractivity contribution in [2.24, 2.45) is 0 Å². The number of carbonyl (C=O) groups excluding carboxylic acids is 1. The Morgan fingerprint density at radius 2 is 1.75 bits per heavy atom. The van der Waals surface area contributed by atoms with Crippen molar-refractivity contribution in [2.45, 2.75) is 52.4 Å². The molecule has 0 saturated heterocycles. The van der Waals surface area contributed by atoms with Gasteiger partial charge in [0.2, 0.25) is 0 Å². The van der Waals surface area contributed by atoms with Gasteiger partial charge in [0.1, 0.15) is 0 Å². The Bertz CT molecular complexity index is 407. The van der Waals surface area contributed by atoms with Gasteiger partial charge in [-0.25, -0.2) is 4.79 Å². The molecule has 112 valence electrons. The second-order valence-electron chi connectivity index (χ2n) is 5.57. The van der Waals surface area contributed by atoms with E-state index in [4.69, 9.17) is 9.47 Å². The van der Waals surface area contributed by atoms with E-state index in [2.05, 4.69) is 45.0 Å². The molecule has 0 saturated carbocycles. The van der Waals surface area contributed by atoms with Gasteiger partial charge in [0.05, 0.1) is 13.2 Å². The van der Waals surface area contributed by atoms with Gasteiger partial charge in [0.15, 0.2) is 0 Å². The lowest BCUT2D eigenvalue weighted by molar-refractivity contribution is 0.0584. The molecule has 0 N–H and O–H groups in total. The normalized spacial score (nSPS) is 11.2. The Morgan fingerprint density at radius 3 is 2.30 bits per heavy atom. The molecule has 3 nitrogen and oxygen atoms in total. The summed E-state index contributed by atoms with van der Waals surface area (Å²) in [5.41, 5.74) is 2.87. The minimum absolute atomic E-state index is 0.228. The summed E-state index contributed by atoms with van der Waals surface area (Å²) < 4.78 is 9.64. The van der Waals surface area contributed by atoms with Crippen molar-refractivity contribution >= 4 is 6.16 Å². The molecule has 1 rings (SSSR count). The highest BCUT2D eigenvalue weighted by Gasteiger charge is 2.17. The molecule has 1 aromatic rings. The van der Waals surface area contributed by atoms with E-state index in [1.54, 1.807) is 6.92 Å². The van der Waals surface area contributed by atoms with E-state index in [0.717, 1.165) is 19.3 Å². The predicted octanol–water partition coefficient (Wildman–Crippen LogP) is 4.48. The molecule has 0 radical (unpaired) electrons. The number of hydrogen-bond acceptors (Lipinski definition) is 3. The second-order valence-corrected chi connectivity index (χ2v) is 5.57. The number of ether oxygens (including phenoxy) is 2. The zero-order valence-corrected chi connectivity index (χ0v) is 13.1. The molecular weight excluding hydrogens is 252 g/mol. The van der Waals surface area contributed by atoms with Crippen LogP contribution in [0.25, 0.3) is 0 Å². The summed E-state index contributed by atoms with van der Waals surface area (Å²) >= 11 is 0. The maximum atomic E-state index is 11.0. The van der Waals surface area contributed by atoms with E-state index in [1.807, 2.05) is 0 Å². The average molecular weight is 278 g/mol. The first-order valence-corrected chi connectivity index (χ1v) is 7.38. The summed E-state index contributed by atoms with van der Waals surface area (Å²) in [6.07, 6.45) is 2.27. The van der Waals surface area contributed by atoms with Crippen LogP contribution in [0.15, 0.2) is 24.3 Å². The van der Waals surface area contributed by atoms with Crippen LogP contribution in [0.5, 0.6) is 0 Å². The van der Waals surface area contributed by atoms with E-state index in [-0.39, 0.29) is 5.41 Å². The first-order valence-electron chi connectivity index (χ1n) is 7.38.